The number of rotatable bonds is 18. The summed E-state index contributed by atoms with van der Waals surface area (Å²) in [5.74, 6) is 0.232. The Bertz CT molecular complexity index is 696. The number of halogens is 1. The molecule has 0 fully saturated rings. The first-order chi connectivity index (χ1) is 26.7. The molecule has 6 N–H and O–H groups in total. The van der Waals surface area contributed by atoms with Crippen LogP contribution in [0, 0.1) is 0 Å². The van der Waals surface area contributed by atoms with Gasteiger partial charge in [-0.15, -0.1) is 11.6 Å². The highest BCUT2D eigenvalue weighted by Crippen LogP contribution is 2.11. The van der Waals surface area contributed by atoms with Crippen LogP contribution in [0.15, 0.2) is 0 Å². The van der Waals surface area contributed by atoms with Gasteiger partial charge in [-0.05, 0) is 157 Å². The zero-order chi connectivity index (χ0) is 49.2. The zero-order valence-electron chi connectivity index (χ0n) is 43.5. The molecule has 0 radical (unpaired) electrons. The van der Waals surface area contributed by atoms with Crippen molar-refractivity contribution in [3.05, 3.63) is 0 Å². The molecule has 0 heterocycles. The van der Waals surface area contributed by atoms with E-state index in [2.05, 4.69) is 0 Å². The monoisotopic (exact) mass is 913 g/mol. The predicted octanol–water partition coefficient (Wildman–Crippen LogP) is 9.90. The third-order valence-electron chi connectivity index (χ3n) is 6.79. The summed E-state index contributed by atoms with van der Waals surface area (Å²) in [6.07, 6.45) is 1.73. The van der Waals surface area contributed by atoms with E-state index in [0.717, 1.165) is 32.1 Å². The van der Waals surface area contributed by atoms with Gasteiger partial charge in [-0.25, -0.2) is 0 Å². The molecule has 0 rings (SSSR count). The van der Waals surface area contributed by atoms with Crippen LogP contribution in [0.3, 0.4) is 0 Å². The molecular formula is C48H109ClO12. The summed E-state index contributed by atoms with van der Waals surface area (Å²) in [6, 6.07) is 0. The van der Waals surface area contributed by atoms with E-state index in [1.807, 2.05) is 159 Å². The molecule has 380 valence electrons. The van der Waals surface area contributed by atoms with Crippen molar-refractivity contribution in [2.75, 3.05) is 45.5 Å². The Kier molecular flexibility index (Phi) is 49.4. The van der Waals surface area contributed by atoms with E-state index < -0.39 is 6.10 Å². The van der Waals surface area contributed by atoms with Crippen molar-refractivity contribution in [1.82, 2.24) is 0 Å². The minimum Gasteiger partial charge on any atom is -0.391 e. The van der Waals surface area contributed by atoms with Crippen LogP contribution in [0.4, 0.5) is 0 Å². The van der Waals surface area contributed by atoms with Gasteiger partial charge in [-0.1, -0.05) is 42.0 Å². The predicted molar refractivity (Wildman–Crippen MR) is 259 cm³/mol. The molecule has 0 spiro atoms. The third kappa shape index (κ3) is 87.4. The first-order valence-electron chi connectivity index (χ1n) is 22.2. The van der Waals surface area contributed by atoms with Crippen molar-refractivity contribution < 1.29 is 59.1 Å². The van der Waals surface area contributed by atoms with Gasteiger partial charge in [0.1, 0.15) is 0 Å². The Hall–Kier alpha value is -0.190. The van der Waals surface area contributed by atoms with Crippen molar-refractivity contribution >= 4 is 11.6 Å². The van der Waals surface area contributed by atoms with Crippen molar-refractivity contribution in [2.24, 2.45) is 0 Å². The lowest BCUT2D eigenvalue weighted by Crippen LogP contribution is -2.26. The average molecular weight is 914 g/mol. The molecule has 0 saturated heterocycles. The van der Waals surface area contributed by atoms with Crippen LogP contribution in [-0.4, -0.2) is 146 Å². The summed E-state index contributed by atoms with van der Waals surface area (Å²) < 4.78 is 31.9. The van der Waals surface area contributed by atoms with Gasteiger partial charge in [0, 0.05) is 0 Å². The Labute approximate surface area is 384 Å². The fourth-order valence-corrected chi connectivity index (χ4v) is 2.80. The van der Waals surface area contributed by atoms with Crippen LogP contribution in [0.5, 0.6) is 0 Å². The maximum absolute atomic E-state index is 9.10. The lowest BCUT2D eigenvalue weighted by Gasteiger charge is -2.21. The molecule has 0 saturated carbocycles. The molecule has 0 amide bonds. The fraction of sp³-hybridized carbons (Fsp3) is 1.00. The third-order valence-corrected chi connectivity index (χ3v) is 7.14. The van der Waals surface area contributed by atoms with Crippen LogP contribution in [0.1, 0.15) is 199 Å². The highest BCUT2D eigenvalue weighted by atomic mass is 35.5. The molecule has 0 aliphatic carbocycles. The minimum absolute atomic E-state index is 0. The van der Waals surface area contributed by atoms with E-state index in [1.54, 1.807) is 0 Å². The van der Waals surface area contributed by atoms with Crippen LogP contribution in [-0.2, 0) is 28.4 Å². The highest BCUT2D eigenvalue weighted by Gasteiger charge is 2.16. The topological polar surface area (TPSA) is 177 Å². The maximum Gasteiger partial charge on any atom is 0.0908 e. The molecule has 2 unspecified atom stereocenters. The Morgan fingerprint density at radius 1 is 0.295 bits per heavy atom. The molecule has 0 aliphatic rings. The Balaban J connectivity index is -0.000000114. The van der Waals surface area contributed by atoms with Gasteiger partial charge in [0.05, 0.1) is 116 Å². The summed E-state index contributed by atoms with van der Waals surface area (Å²) in [4.78, 5) is 0. The zero-order valence-corrected chi connectivity index (χ0v) is 44.2. The minimum atomic E-state index is -0.541. The van der Waals surface area contributed by atoms with E-state index in [9.17, 15) is 0 Å². The summed E-state index contributed by atoms with van der Waals surface area (Å²) in [7, 11) is 0. The number of aliphatic hydroxyl groups excluding tert-OH is 6. The number of aliphatic hydroxyl groups is 6. The van der Waals surface area contributed by atoms with Gasteiger partial charge in [0.15, 0.2) is 0 Å². The van der Waals surface area contributed by atoms with Crippen LogP contribution >= 0.6 is 11.6 Å². The van der Waals surface area contributed by atoms with E-state index in [-0.39, 0.29) is 77.4 Å². The van der Waals surface area contributed by atoms with Gasteiger partial charge < -0.3 is 59.1 Å². The molecule has 0 aliphatic heterocycles. The van der Waals surface area contributed by atoms with Crippen molar-refractivity contribution in [3.8, 4) is 0 Å². The van der Waals surface area contributed by atoms with Gasteiger partial charge >= 0.3 is 0 Å². The first kappa shape index (κ1) is 75.1. The van der Waals surface area contributed by atoms with Crippen LogP contribution < -0.4 is 0 Å². The molecule has 0 aromatic carbocycles. The van der Waals surface area contributed by atoms with E-state index >= 15 is 0 Å². The number of hydrogen-bond acceptors (Lipinski definition) is 12. The summed E-state index contributed by atoms with van der Waals surface area (Å²) >= 11 is 5.35. The largest absolute Gasteiger partial charge is 0.391 e. The van der Waals surface area contributed by atoms with Crippen molar-refractivity contribution in [1.29, 1.82) is 0 Å². The van der Waals surface area contributed by atoms with Crippen LogP contribution in [0.25, 0.3) is 0 Å². The number of alkyl halides is 1. The summed E-state index contributed by atoms with van der Waals surface area (Å²) in [6.45, 7) is 47.8. The summed E-state index contributed by atoms with van der Waals surface area (Å²) in [5, 5.41) is 54.4. The molecule has 0 bridgehead atoms. The van der Waals surface area contributed by atoms with Gasteiger partial charge in [-0.2, -0.15) is 0 Å². The fourth-order valence-electron chi connectivity index (χ4n) is 2.71. The second kappa shape index (κ2) is 40.1. The molecule has 6 atom stereocenters. The standard InChI is InChI=1S/5C8H18O2.C7H15ClO2.CH4/c5*1-5-7(9)6-10-8(2,3)4;1-7(2,3)10-5-6(9)4-8;/h5*7,9H,5-6H2,1-4H3;6,9H,4-5H2,1-3H3;1H4/t4*7-;;;/m1100.../s1. The number of ether oxygens (including phenoxy) is 6. The van der Waals surface area contributed by atoms with Gasteiger partial charge in [0.2, 0.25) is 0 Å². The van der Waals surface area contributed by atoms with Crippen LogP contribution in [0.2, 0.25) is 0 Å². The Morgan fingerprint density at radius 2 is 0.410 bits per heavy atom. The van der Waals surface area contributed by atoms with Gasteiger partial charge in [0.25, 0.3) is 0 Å². The molecule has 61 heavy (non-hydrogen) atoms. The second-order valence-electron chi connectivity index (χ2n) is 20.7. The van der Waals surface area contributed by atoms with Crippen molar-refractivity contribution in [3.63, 3.8) is 0 Å². The lowest BCUT2D eigenvalue weighted by atomic mass is 10.2. The molecule has 0 aromatic rings. The quantitative estimate of drug-likeness (QED) is 0.0719. The average Bonchev–Trinajstić information content (AvgIpc) is 3.11. The summed E-state index contributed by atoms with van der Waals surface area (Å²) in [5.41, 5.74) is -0.832. The van der Waals surface area contributed by atoms with Gasteiger partial charge in [-0.3, -0.25) is 0 Å². The van der Waals surface area contributed by atoms with E-state index in [1.165, 1.54) is 0 Å². The molecule has 0 aromatic heterocycles. The number of hydrogen-bond donors (Lipinski definition) is 6. The lowest BCUT2D eigenvalue weighted by molar-refractivity contribution is -0.0493. The highest BCUT2D eigenvalue weighted by molar-refractivity contribution is 6.18. The first-order valence-corrected chi connectivity index (χ1v) is 22.7. The van der Waals surface area contributed by atoms with E-state index in [0.29, 0.717) is 39.6 Å². The Morgan fingerprint density at radius 3 is 0.492 bits per heavy atom. The smallest absolute Gasteiger partial charge is 0.0908 e. The molecule has 13 heteroatoms. The normalized spacial score (nSPS) is 15.0. The second-order valence-corrected chi connectivity index (χ2v) is 21.0. The van der Waals surface area contributed by atoms with E-state index in [4.69, 9.17) is 70.7 Å². The van der Waals surface area contributed by atoms with Crippen molar-refractivity contribution in [2.45, 2.75) is 269 Å². The molecule has 12 nitrogen and oxygen atoms in total. The SMILES string of the molecule is C.CC(C)(C)OCC(O)CCl.CCC(O)COC(C)(C)C.CC[C@@H](O)COC(C)(C)C.CC[C@@H](O)COC(C)(C)C.CC[C@H](O)COC(C)(C)C.CC[C@H](O)COC(C)(C)C. The molecular weight excluding hydrogens is 804 g/mol. The maximum atomic E-state index is 9.10.